The van der Waals surface area contributed by atoms with Crippen molar-refractivity contribution in [3.05, 3.63) is 72.3 Å². The Labute approximate surface area is 134 Å². The second-order valence-corrected chi connectivity index (χ2v) is 5.01. The van der Waals surface area contributed by atoms with Crippen molar-refractivity contribution in [2.75, 3.05) is 11.9 Å². The summed E-state index contributed by atoms with van der Waals surface area (Å²) in [6.07, 6.45) is 5.20. The Hall–Kier alpha value is -3.25. The highest BCUT2D eigenvalue weighted by molar-refractivity contribution is 6.07. The Morgan fingerprint density at radius 3 is 2.57 bits per heavy atom. The Balaban J connectivity index is 1.84. The molecule has 3 heteroatoms. The zero-order chi connectivity index (χ0) is 16.1. The standard InChI is InChI=1S/C20H15NO2/c1-2-13-23-19-10-6-5-9-18(19)20(22)21-17-12-11-15-7-3-4-8-16(15)14-17/h1,3-12,14H,13H2,(H,21,22). The number of nitrogens with one attached hydrogen (secondary N) is 1. The van der Waals surface area contributed by atoms with Gasteiger partial charge in [-0.05, 0) is 35.0 Å². The van der Waals surface area contributed by atoms with Crippen LogP contribution in [0.4, 0.5) is 5.69 Å². The number of benzene rings is 3. The summed E-state index contributed by atoms with van der Waals surface area (Å²) in [5, 5.41) is 5.10. The number of terminal acetylenes is 1. The topological polar surface area (TPSA) is 38.3 Å². The Morgan fingerprint density at radius 1 is 1.00 bits per heavy atom. The number of fused-ring (bicyclic) bond motifs is 1. The van der Waals surface area contributed by atoms with Gasteiger partial charge in [-0.15, -0.1) is 6.42 Å². The minimum absolute atomic E-state index is 0.125. The average molecular weight is 301 g/mol. The lowest BCUT2D eigenvalue weighted by molar-refractivity contribution is 0.102. The molecule has 0 aliphatic carbocycles. The molecule has 1 amide bonds. The van der Waals surface area contributed by atoms with Gasteiger partial charge in [0, 0.05) is 5.69 Å². The lowest BCUT2D eigenvalue weighted by atomic mass is 10.1. The van der Waals surface area contributed by atoms with Crippen LogP contribution < -0.4 is 10.1 Å². The first-order valence-corrected chi connectivity index (χ1v) is 7.23. The van der Waals surface area contributed by atoms with Crippen molar-refractivity contribution >= 4 is 22.4 Å². The van der Waals surface area contributed by atoms with Crippen LogP contribution in [-0.4, -0.2) is 12.5 Å². The molecule has 0 saturated heterocycles. The molecule has 0 atom stereocenters. The molecular weight excluding hydrogens is 286 g/mol. The molecule has 3 aromatic carbocycles. The molecule has 0 fully saturated rings. The van der Waals surface area contributed by atoms with E-state index in [1.54, 1.807) is 24.3 Å². The van der Waals surface area contributed by atoms with Crippen molar-refractivity contribution in [2.24, 2.45) is 0 Å². The lowest BCUT2D eigenvalue weighted by Crippen LogP contribution is -2.13. The summed E-state index contributed by atoms with van der Waals surface area (Å²) in [5.41, 5.74) is 1.19. The smallest absolute Gasteiger partial charge is 0.259 e. The maximum atomic E-state index is 12.5. The molecule has 1 N–H and O–H groups in total. The van der Waals surface area contributed by atoms with Gasteiger partial charge in [-0.1, -0.05) is 48.4 Å². The molecule has 23 heavy (non-hydrogen) atoms. The molecule has 0 bridgehead atoms. The third-order valence-corrected chi connectivity index (χ3v) is 3.45. The van der Waals surface area contributed by atoms with Gasteiger partial charge in [0.2, 0.25) is 0 Å². The van der Waals surface area contributed by atoms with E-state index in [2.05, 4.69) is 11.2 Å². The van der Waals surface area contributed by atoms with Gasteiger partial charge in [0.25, 0.3) is 5.91 Å². The van der Waals surface area contributed by atoms with Crippen LogP contribution in [0.15, 0.2) is 66.7 Å². The predicted octanol–water partition coefficient (Wildman–Crippen LogP) is 4.10. The van der Waals surface area contributed by atoms with E-state index in [9.17, 15) is 4.79 Å². The number of hydrogen-bond acceptors (Lipinski definition) is 2. The largest absolute Gasteiger partial charge is 0.480 e. The number of hydrogen-bond donors (Lipinski definition) is 1. The molecule has 0 saturated carbocycles. The molecular formula is C20H15NO2. The maximum absolute atomic E-state index is 12.5. The van der Waals surface area contributed by atoms with Crippen molar-refractivity contribution in [3.8, 4) is 18.1 Å². The Bertz CT molecular complexity index is 893. The van der Waals surface area contributed by atoms with Crippen LogP contribution in [0.1, 0.15) is 10.4 Å². The van der Waals surface area contributed by atoms with Crippen LogP contribution in [0, 0.1) is 12.3 Å². The van der Waals surface area contributed by atoms with Gasteiger partial charge >= 0.3 is 0 Å². The van der Waals surface area contributed by atoms with Crippen LogP contribution in [0.2, 0.25) is 0 Å². The van der Waals surface area contributed by atoms with E-state index < -0.39 is 0 Å². The molecule has 3 aromatic rings. The number of rotatable bonds is 4. The molecule has 0 aliphatic rings. The normalized spacial score (nSPS) is 10.0. The SMILES string of the molecule is C#CCOc1ccccc1C(=O)Nc1ccc2ccccc2c1. The molecule has 112 valence electrons. The first-order valence-electron chi connectivity index (χ1n) is 7.23. The monoisotopic (exact) mass is 301 g/mol. The molecule has 3 rings (SSSR count). The van der Waals surface area contributed by atoms with Gasteiger partial charge < -0.3 is 10.1 Å². The predicted molar refractivity (Wildman–Crippen MR) is 92.7 cm³/mol. The Morgan fingerprint density at radius 2 is 1.74 bits per heavy atom. The Kier molecular flexibility index (Phi) is 4.26. The highest BCUT2D eigenvalue weighted by Gasteiger charge is 2.12. The fraction of sp³-hybridized carbons (Fsp3) is 0.0500. The van der Waals surface area contributed by atoms with Gasteiger partial charge in [0.1, 0.15) is 12.4 Å². The summed E-state index contributed by atoms with van der Waals surface area (Å²) in [6.45, 7) is 0.125. The van der Waals surface area contributed by atoms with Crippen molar-refractivity contribution in [1.82, 2.24) is 0 Å². The minimum Gasteiger partial charge on any atom is -0.480 e. The van der Waals surface area contributed by atoms with Crippen LogP contribution in [0.3, 0.4) is 0 Å². The van der Waals surface area contributed by atoms with E-state index >= 15 is 0 Å². The number of carbonyl (C=O) groups is 1. The van der Waals surface area contributed by atoms with E-state index in [0.29, 0.717) is 11.3 Å². The van der Waals surface area contributed by atoms with E-state index in [4.69, 9.17) is 11.2 Å². The highest BCUT2D eigenvalue weighted by Crippen LogP contribution is 2.22. The summed E-state index contributed by atoms with van der Waals surface area (Å²) in [7, 11) is 0. The van der Waals surface area contributed by atoms with Crippen LogP contribution in [0.25, 0.3) is 10.8 Å². The molecule has 3 nitrogen and oxygen atoms in total. The van der Waals surface area contributed by atoms with Gasteiger partial charge in [-0.2, -0.15) is 0 Å². The van der Waals surface area contributed by atoms with Crippen LogP contribution in [-0.2, 0) is 0 Å². The number of ether oxygens (including phenoxy) is 1. The van der Waals surface area contributed by atoms with E-state index in [0.717, 1.165) is 16.5 Å². The molecule has 0 radical (unpaired) electrons. The zero-order valence-electron chi connectivity index (χ0n) is 12.5. The second-order valence-electron chi connectivity index (χ2n) is 5.01. The summed E-state index contributed by atoms with van der Waals surface area (Å²) in [6, 6.07) is 20.8. The summed E-state index contributed by atoms with van der Waals surface area (Å²) in [5.74, 6) is 2.65. The molecule has 0 aliphatic heterocycles. The number of carbonyl (C=O) groups excluding carboxylic acids is 1. The van der Waals surface area contributed by atoms with Crippen molar-refractivity contribution in [3.63, 3.8) is 0 Å². The zero-order valence-corrected chi connectivity index (χ0v) is 12.5. The summed E-state index contributed by atoms with van der Waals surface area (Å²) >= 11 is 0. The molecule has 0 spiro atoms. The quantitative estimate of drug-likeness (QED) is 0.737. The third kappa shape index (κ3) is 3.33. The third-order valence-electron chi connectivity index (χ3n) is 3.45. The molecule has 0 unspecified atom stereocenters. The van der Waals surface area contributed by atoms with Gasteiger partial charge in [-0.3, -0.25) is 4.79 Å². The first kappa shape index (κ1) is 14.7. The van der Waals surface area contributed by atoms with Crippen LogP contribution in [0.5, 0.6) is 5.75 Å². The van der Waals surface area contributed by atoms with E-state index in [1.165, 1.54) is 0 Å². The van der Waals surface area contributed by atoms with Gasteiger partial charge in [0.15, 0.2) is 0 Å². The average Bonchev–Trinajstić information content (AvgIpc) is 2.60. The second kappa shape index (κ2) is 6.67. The summed E-state index contributed by atoms with van der Waals surface area (Å²) < 4.78 is 5.42. The van der Waals surface area contributed by atoms with Crippen molar-refractivity contribution in [1.29, 1.82) is 0 Å². The minimum atomic E-state index is -0.229. The molecule has 0 heterocycles. The van der Waals surface area contributed by atoms with Crippen LogP contribution >= 0.6 is 0 Å². The highest BCUT2D eigenvalue weighted by atomic mass is 16.5. The van der Waals surface area contributed by atoms with Gasteiger partial charge in [0.05, 0.1) is 5.56 Å². The van der Waals surface area contributed by atoms with E-state index in [-0.39, 0.29) is 12.5 Å². The number of amides is 1. The van der Waals surface area contributed by atoms with Crippen molar-refractivity contribution in [2.45, 2.75) is 0 Å². The van der Waals surface area contributed by atoms with E-state index in [1.807, 2.05) is 42.5 Å². The van der Waals surface area contributed by atoms with Crippen molar-refractivity contribution < 1.29 is 9.53 Å². The first-order chi connectivity index (χ1) is 11.3. The summed E-state index contributed by atoms with van der Waals surface area (Å²) in [4.78, 5) is 12.5. The number of anilines is 1. The molecule has 0 aromatic heterocycles. The number of para-hydroxylation sites is 1. The van der Waals surface area contributed by atoms with Gasteiger partial charge in [-0.25, -0.2) is 0 Å². The fourth-order valence-corrected chi connectivity index (χ4v) is 2.37. The maximum Gasteiger partial charge on any atom is 0.259 e. The fourth-order valence-electron chi connectivity index (χ4n) is 2.37. The lowest BCUT2D eigenvalue weighted by Gasteiger charge is -2.10.